The Morgan fingerprint density at radius 2 is 2.00 bits per heavy atom. The molecule has 0 aliphatic carbocycles. The van der Waals surface area contributed by atoms with E-state index in [0.29, 0.717) is 63.7 Å². The summed E-state index contributed by atoms with van der Waals surface area (Å²) in [5.41, 5.74) is 3.74. The number of carbonyl (C=O) groups is 1. The van der Waals surface area contributed by atoms with Crippen molar-refractivity contribution in [3.05, 3.63) is 77.1 Å². The van der Waals surface area contributed by atoms with Gasteiger partial charge in [0.15, 0.2) is 0 Å². The zero-order chi connectivity index (χ0) is 28.1. The number of amides is 1. The number of nitrogens with one attached hydrogen (secondary N) is 1. The third-order valence-electron chi connectivity index (χ3n) is 7.74. The van der Waals surface area contributed by atoms with Crippen LogP contribution in [0.25, 0.3) is 0 Å². The minimum Gasteiger partial charge on any atom is -0.378 e. The average molecular weight is 549 g/mol. The second-order valence-corrected chi connectivity index (χ2v) is 10.5. The van der Waals surface area contributed by atoms with Crippen LogP contribution in [0.4, 0.5) is 20.4 Å². The smallest absolute Gasteiger partial charge is 0.231 e. The zero-order valence-corrected chi connectivity index (χ0v) is 22.7. The summed E-state index contributed by atoms with van der Waals surface area (Å²) in [6, 6.07) is 12.0. The molecular formula is C30H34F2N6O2. The molecule has 2 fully saturated rings. The van der Waals surface area contributed by atoms with Crippen LogP contribution in [0.5, 0.6) is 0 Å². The van der Waals surface area contributed by atoms with Crippen LogP contribution in [0.2, 0.25) is 0 Å². The van der Waals surface area contributed by atoms with Crippen LogP contribution in [-0.2, 0) is 16.1 Å². The van der Waals surface area contributed by atoms with Gasteiger partial charge in [-0.1, -0.05) is 18.2 Å². The van der Waals surface area contributed by atoms with Gasteiger partial charge < -0.3 is 19.1 Å². The topological polar surface area (TPSA) is 86.4 Å². The van der Waals surface area contributed by atoms with Gasteiger partial charge in [0.1, 0.15) is 11.6 Å². The number of carbonyl (C=O) groups excluding carboxylic acids is 1. The van der Waals surface area contributed by atoms with Crippen molar-refractivity contribution in [1.82, 2.24) is 14.5 Å². The molecular weight excluding hydrogens is 514 g/mol. The highest BCUT2D eigenvalue weighted by molar-refractivity contribution is 5.92. The molecule has 0 spiro atoms. The van der Waals surface area contributed by atoms with E-state index in [1.807, 2.05) is 10.8 Å². The Bertz CT molecular complexity index is 1380. The van der Waals surface area contributed by atoms with Gasteiger partial charge in [0.2, 0.25) is 11.9 Å². The highest BCUT2D eigenvalue weighted by Crippen LogP contribution is 2.35. The average Bonchev–Trinajstić information content (AvgIpc) is 3.57. The summed E-state index contributed by atoms with van der Waals surface area (Å²) in [5, 5.41) is 11.9. The van der Waals surface area contributed by atoms with Gasteiger partial charge in [0, 0.05) is 62.7 Å². The van der Waals surface area contributed by atoms with Gasteiger partial charge in [0.05, 0.1) is 31.7 Å². The fourth-order valence-corrected chi connectivity index (χ4v) is 5.69. The zero-order valence-electron chi connectivity index (χ0n) is 22.7. The van der Waals surface area contributed by atoms with E-state index in [1.165, 1.54) is 17.7 Å². The van der Waals surface area contributed by atoms with Crippen molar-refractivity contribution in [2.45, 2.75) is 32.2 Å². The summed E-state index contributed by atoms with van der Waals surface area (Å²) in [4.78, 5) is 22.5. The Morgan fingerprint density at radius 3 is 2.77 bits per heavy atom. The molecule has 2 aliphatic rings. The fraction of sp³-hybridized carbons (Fsp3) is 0.433. The van der Waals surface area contributed by atoms with Crippen LogP contribution < -0.4 is 10.2 Å². The second kappa shape index (κ2) is 12.6. The molecule has 8 nitrogen and oxygen atoms in total. The Balaban J connectivity index is 1.35. The van der Waals surface area contributed by atoms with E-state index < -0.39 is 23.5 Å². The molecule has 1 amide bonds. The molecule has 2 aliphatic heterocycles. The number of likely N-dealkylation sites (tertiary alicyclic amines) is 1. The van der Waals surface area contributed by atoms with Crippen molar-refractivity contribution in [2.75, 3.05) is 56.2 Å². The SMILES string of the molecule is Cc1ccc(Cn2ccnc2NC(=O)C2CN(CCCC#N)C[C@H]2c2ccc(F)cc2F)c(N2CCOCC2)c1. The fourth-order valence-electron chi connectivity index (χ4n) is 5.69. The maximum Gasteiger partial charge on any atom is 0.231 e. The van der Waals surface area contributed by atoms with Crippen LogP contribution >= 0.6 is 0 Å². The van der Waals surface area contributed by atoms with E-state index >= 15 is 0 Å². The number of unbranched alkanes of at least 4 members (excludes halogenated alkanes) is 1. The quantitative estimate of drug-likeness (QED) is 0.401. The molecule has 2 aromatic carbocycles. The number of imidazole rings is 1. The first-order chi connectivity index (χ1) is 19.4. The highest BCUT2D eigenvalue weighted by Gasteiger charge is 2.40. The Kier molecular flexibility index (Phi) is 8.72. The normalized spacial score (nSPS) is 19.5. The van der Waals surface area contributed by atoms with Gasteiger partial charge in [-0.2, -0.15) is 5.26 Å². The van der Waals surface area contributed by atoms with Crippen LogP contribution in [0.3, 0.4) is 0 Å². The second-order valence-electron chi connectivity index (χ2n) is 10.5. The van der Waals surface area contributed by atoms with Gasteiger partial charge >= 0.3 is 0 Å². The molecule has 1 aromatic heterocycles. The summed E-state index contributed by atoms with van der Waals surface area (Å²) in [6.45, 7) is 7.09. The predicted octanol–water partition coefficient (Wildman–Crippen LogP) is 4.31. The molecule has 0 saturated carbocycles. The number of anilines is 2. The summed E-state index contributed by atoms with van der Waals surface area (Å²) in [7, 11) is 0. The standard InChI is InChI=1S/C30H34F2N6O2/c1-21-4-5-22(28(16-21)37-12-14-40-15-13-37)18-38-11-9-34-30(38)35-29(39)26-20-36(10-3-2-8-33)19-25(26)24-7-6-23(31)17-27(24)32/h4-7,9,11,16-17,25-26H,2-3,10,12-15,18-20H2,1H3,(H,34,35,39)/t25-,26?/m0/s1. The lowest BCUT2D eigenvalue weighted by Crippen LogP contribution is -2.37. The number of morpholine rings is 1. The molecule has 40 heavy (non-hydrogen) atoms. The molecule has 5 rings (SSSR count). The van der Waals surface area contributed by atoms with Crippen molar-refractivity contribution in [2.24, 2.45) is 5.92 Å². The molecule has 3 heterocycles. The number of hydrogen-bond donors (Lipinski definition) is 1. The van der Waals surface area contributed by atoms with E-state index in [-0.39, 0.29) is 5.91 Å². The first-order valence-corrected chi connectivity index (χ1v) is 13.7. The number of ether oxygens (including phenoxy) is 1. The number of rotatable bonds is 9. The van der Waals surface area contributed by atoms with Gasteiger partial charge in [0.25, 0.3) is 0 Å². The molecule has 0 radical (unpaired) electrons. The van der Waals surface area contributed by atoms with E-state index in [0.717, 1.165) is 30.4 Å². The highest BCUT2D eigenvalue weighted by atomic mass is 19.1. The van der Waals surface area contributed by atoms with Crippen LogP contribution in [-0.4, -0.2) is 66.3 Å². The molecule has 1 N–H and O–H groups in total. The van der Waals surface area contributed by atoms with Crippen molar-refractivity contribution in [3.63, 3.8) is 0 Å². The third kappa shape index (κ3) is 6.32. The first kappa shape index (κ1) is 27.7. The lowest BCUT2D eigenvalue weighted by Gasteiger charge is -2.31. The number of halogens is 2. The Labute approximate surface area is 233 Å². The van der Waals surface area contributed by atoms with Gasteiger partial charge in [-0.05, 0) is 48.7 Å². The summed E-state index contributed by atoms with van der Waals surface area (Å²) >= 11 is 0. The summed E-state index contributed by atoms with van der Waals surface area (Å²) in [6.07, 6.45) is 4.55. The Morgan fingerprint density at radius 1 is 1.18 bits per heavy atom. The van der Waals surface area contributed by atoms with Gasteiger partial charge in [-0.15, -0.1) is 0 Å². The van der Waals surface area contributed by atoms with E-state index in [1.54, 1.807) is 6.20 Å². The van der Waals surface area contributed by atoms with E-state index in [4.69, 9.17) is 10.00 Å². The van der Waals surface area contributed by atoms with Gasteiger partial charge in [-0.3, -0.25) is 10.1 Å². The molecule has 2 saturated heterocycles. The molecule has 0 bridgehead atoms. The lowest BCUT2D eigenvalue weighted by atomic mass is 9.88. The largest absolute Gasteiger partial charge is 0.378 e. The monoisotopic (exact) mass is 548 g/mol. The van der Waals surface area contributed by atoms with Crippen LogP contribution in [0.1, 0.15) is 35.4 Å². The maximum absolute atomic E-state index is 14.8. The number of benzene rings is 2. The third-order valence-corrected chi connectivity index (χ3v) is 7.74. The predicted molar refractivity (Wildman–Crippen MR) is 148 cm³/mol. The number of aryl methyl sites for hydroxylation is 1. The molecule has 10 heteroatoms. The van der Waals surface area contributed by atoms with Crippen LogP contribution in [0, 0.1) is 35.8 Å². The lowest BCUT2D eigenvalue weighted by molar-refractivity contribution is -0.120. The molecule has 3 aromatic rings. The van der Waals surface area contributed by atoms with E-state index in [9.17, 15) is 13.6 Å². The number of nitrogens with zero attached hydrogens (tertiary/aromatic N) is 5. The van der Waals surface area contributed by atoms with Crippen molar-refractivity contribution >= 4 is 17.5 Å². The maximum atomic E-state index is 14.8. The Hall–Kier alpha value is -3.81. The molecule has 2 atom stereocenters. The minimum atomic E-state index is -0.654. The summed E-state index contributed by atoms with van der Waals surface area (Å²) < 4.78 is 35.9. The molecule has 1 unspecified atom stereocenters. The number of aromatic nitrogens is 2. The number of nitriles is 1. The van der Waals surface area contributed by atoms with Crippen molar-refractivity contribution in [1.29, 1.82) is 5.26 Å². The van der Waals surface area contributed by atoms with E-state index in [2.05, 4.69) is 51.3 Å². The first-order valence-electron chi connectivity index (χ1n) is 13.7. The summed E-state index contributed by atoms with van der Waals surface area (Å²) in [5.74, 6) is -2.16. The molecule has 210 valence electrons. The van der Waals surface area contributed by atoms with Crippen molar-refractivity contribution in [3.8, 4) is 6.07 Å². The van der Waals surface area contributed by atoms with Gasteiger partial charge in [-0.25, -0.2) is 13.8 Å². The van der Waals surface area contributed by atoms with Crippen molar-refractivity contribution < 1.29 is 18.3 Å². The minimum absolute atomic E-state index is 0.263. The number of hydrogen-bond acceptors (Lipinski definition) is 6. The van der Waals surface area contributed by atoms with Crippen LogP contribution in [0.15, 0.2) is 48.8 Å².